The van der Waals surface area contributed by atoms with Crippen LogP contribution in [0.2, 0.25) is 0 Å². The van der Waals surface area contributed by atoms with E-state index in [0.717, 1.165) is 0 Å². The lowest BCUT2D eigenvalue weighted by Crippen LogP contribution is -2.50. The lowest BCUT2D eigenvalue weighted by molar-refractivity contribution is -0.121. The van der Waals surface area contributed by atoms with E-state index in [4.69, 9.17) is 0 Å². The zero-order valence-electron chi connectivity index (χ0n) is 13.9. The Morgan fingerprint density at radius 1 is 1.46 bits per heavy atom. The number of rotatable bonds is 6. The molecule has 0 radical (unpaired) electrons. The number of aromatic nitrogens is 2. The zero-order chi connectivity index (χ0) is 17.7. The van der Waals surface area contributed by atoms with Crippen LogP contribution in [0.1, 0.15) is 20.8 Å². The average Bonchev–Trinajstić information content (AvgIpc) is 3.07. The van der Waals surface area contributed by atoms with E-state index in [1.54, 1.807) is 37.5 Å². The summed E-state index contributed by atoms with van der Waals surface area (Å²) in [7, 11) is 0. The molecule has 0 saturated carbocycles. The van der Waals surface area contributed by atoms with Crippen molar-refractivity contribution in [1.29, 1.82) is 5.26 Å². The molecule has 0 aliphatic carbocycles. The highest BCUT2D eigenvalue weighted by Crippen LogP contribution is 2.23. The number of nitriles is 1. The lowest BCUT2D eigenvalue weighted by Gasteiger charge is -2.27. The molecule has 6 nitrogen and oxygen atoms in total. The Labute approximate surface area is 140 Å². The number of para-hydroxylation sites is 1. The Morgan fingerprint density at radius 2 is 2.21 bits per heavy atom. The molecule has 0 spiro atoms. The molecular weight excluding hydrogens is 309 g/mol. The van der Waals surface area contributed by atoms with Crippen LogP contribution in [0, 0.1) is 23.1 Å². The van der Waals surface area contributed by atoms with E-state index >= 15 is 0 Å². The largest absolute Gasteiger partial charge is 0.372 e. The summed E-state index contributed by atoms with van der Waals surface area (Å²) >= 11 is 0. The van der Waals surface area contributed by atoms with E-state index < -0.39 is 11.4 Å². The highest BCUT2D eigenvalue weighted by molar-refractivity contribution is 5.82. The summed E-state index contributed by atoms with van der Waals surface area (Å²) in [5, 5.41) is 18.8. The molecule has 126 valence electrons. The van der Waals surface area contributed by atoms with Crippen molar-refractivity contribution in [2.24, 2.45) is 5.92 Å². The second-order valence-electron chi connectivity index (χ2n) is 5.96. The van der Waals surface area contributed by atoms with Gasteiger partial charge in [0.05, 0.1) is 24.0 Å². The maximum Gasteiger partial charge on any atom is 0.240 e. The van der Waals surface area contributed by atoms with Gasteiger partial charge in [-0.05, 0) is 31.0 Å². The van der Waals surface area contributed by atoms with Gasteiger partial charge in [0.15, 0.2) is 0 Å². The Hall–Kier alpha value is -2.88. The fraction of sp³-hybridized carbons (Fsp3) is 0.353. The number of carbonyl (C=O) groups is 1. The Bertz CT molecular complexity index is 751. The van der Waals surface area contributed by atoms with E-state index in [0.29, 0.717) is 5.69 Å². The van der Waals surface area contributed by atoms with E-state index in [9.17, 15) is 14.4 Å². The van der Waals surface area contributed by atoms with Crippen molar-refractivity contribution < 1.29 is 9.18 Å². The van der Waals surface area contributed by atoms with Gasteiger partial charge < -0.3 is 10.6 Å². The van der Waals surface area contributed by atoms with Crippen molar-refractivity contribution in [1.82, 2.24) is 15.1 Å². The number of hydrogen-bond acceptors (Lipinski definition) is 4. The quantitative estimate of drug-likeness (QED) is 0.853. The predicted molar refractivity (Wildman–Crippen MR) is 89.0 cm³/mol. The molecule has 0 saturated heterocycles. The van der Waals surface area contributed by atoms with Crippen LogP contribution < -0.4 is 10.6 Å². The number of nitrogens with zero attached hydrogens (tertiary/aromatic N) is 3. The van der Waals surface area contributed by atoms with Crippen molar-refractivity contribution in [3.05, 3.63) is 42.5 Å². The number of benzene rings is 1. The molecule has 24 heavy (non-hydrogen) atoms. The van der Waals surface area contributed by atoms with Gasteiger partial charge in [0, 0.05) is 12.4 Å². The second kappa shape index (κ2) is 7.13. The summed E-state index contributed by atoms with van der Waals surface area (Å²) < 4.78 is 15.6. The average molecular weight is 329 g/mol. The molecule has 2 aromatic rings. The van der Waals surface area contributed by atoms with E-state index in [1.165, 1.54) is 10.7 Å². The van der Waals surface area contributed by atoms with Gasteiger partial charge in [0.2, 0.25) is 5.91 Å². The van der Waals surface area contributed by atoms with Crippen molar-refractivity contribution in [3.8, 4) is 11.8 Å². The smallest absolute Gasteiger partial charge is 0.240 e. The number of amides is 1. The van der Waals surface area contributed by atoms with Crippen molar-refractivity contribution in [2.45, 2.75) is 26.3 Å². The van der Waals surface area contributed by atoms with Gasteiger partial charge in [-0.2, -0.15) is 10.4 Å². The molecule has 0 bridgehead atoms. The summed E-state index contributed by atoms with van der Waals surface area (Å²) in [6.45, 7) is 5.21. The zero-order valence-corrected chi connectivity index (χ0v) is 13.9. The lowest BCUT2D eigenvalue weighted by atomic mass is 9.90. The van der Waals surface area contributed by atoms with Crippen molar-refractivity contribution in [2.75, 3.05) is 11.9 Å². The SMILES string of the molecule is CC(C)C(C)(C#N)NC(=O)CNc1c(F)cccc1-n1cccn1. The minimum atomic E-state index is -0.973. The number of nitrogens with one attached hydrogen (secondary N) is 2. The van der Waals surface area contributed by atoms with Crippen LogP contribution >= 0.6 is 0 Å². The van der Waals surface area contributed by atoms with E-state index in [2.05, 4.69) is 21.8 Å². The maximum atomic E-state index is 14.1. The van der Waals surface area contributed by atoms with Crippen LogP contribution in [-0.2, 0) is 4.79 Å². The monoisotopic (exact) mass is 329 g/mol. The van der Waals surface area contributed by atoms with Gasteiger partial charge in [-0.15, -0.1) is 0 Å². The molecule has 0 fully saturated rings. The summed E-state index contributed by atoms with van der Waals surface area (Å²) in [6, 6.07) is 8.41. The fourth-order valence-electron chi connectivity index (χ4n) is 2.09. The summed E-state index contributed by atoms with van der Waals surface area (Å²) in [6.07, 6.45) is 3.27. The van der Waals surface area contributed by atoms with Gasteiger partial charge in [0.1, 0.15) is 11.4 Å². The number of carbonyl (C=O) groups excluding carboxylic acids is 1. The second-order valence-corrected chi connectivity index (χ2v) is 5.96. The van der Waals surface area contributed by atoms with Crippen LogP contribution in [-0.4, -0.2) is 27.8 Å². The molecule has 7 heteroatoms. The van der Waals surface area contributed by atoms with Gasteiger partial charge in [0.25, 0.3) is 0 Å². The van der Waals surface area contributed by atoms with Crippen LogP contribution in [0.5, 0.6) is 0 Å². The predicted octanol–water partition coefficient (Wildman–Crippen LogP) is 2.48. The Kier molecular flexibility index (Phi) is 5.19. The number of anilines is 1. The van der Waals surface area contributed by atoms with Gasteiger partial charge in [-0.25, -0.2) is 9.07 Å². The maximum absolute atomic E-state index is 14.1. The van der Waals surface area contributed by atoms with Crippen LogP contribution in [0.3, 0.4) is 0 Å². The number of halogens is 1. The Morgan fingerprint density at radius 3 is 2.79 bits per heavy atom. The molecule has 1 aromatic heterocycles. The van der Waals surface area contributed by atoms with E-state index in [1.807, 2.05) is 13.8 Å². The highest BCUT2D eigenvalue weighted by atomic mass is 19.1. The fourth-order valence-corrected chi connectivity index (χ4v) is 2.09. The van der Waals surface area contributed by atoms with Crippen LogP contribution in [0.25, 0.3) is 5.69 Å². The minimum Gasteiger partial charge on any atom is -0.372 e. The minimum absolute atomic E-state index is 0.0560. The molecule has 1 atom stereocenters. The third-order valence-corrected chi connectivity index (χ3v) is 3.95. The molecule has 2 rings (SSSR count). The molecule has 1 unspecified atom stereocenters. The molecule has 1 aromatic carbocycles. The first-order valence-corrected chi connectivity index (χ1v) is 7.62. The van der Waals surface area contributed by atoms with Crippen LogP contribution in [0.15, 0.2) is 36.7 Å². The highest BCUT2D eigenvalue weighted by Gasteiger charge is 2.29. The first-order valence-electron chi connectivity index (χ1n) is 7.62. The first kappa shape index (κ1) is 17.5. The Balaban J connectivity index is 2.13. The topological polar surface area (TPSA) is 82.7 Å². The molecule has 0 aliphatic heterocycles. The molecule has 2 N–H and O–H groups in total. The first-order chi connectivity index (χ1) is 11.4. The van der Waals surface area contributed by atoms with Gasteiger partial charge >= 0.3 is 0 Å². The summed E-state index contributed by atoms with van der Waals surface area (Å²) in [5.41, 5.74) is -0.294. The molecule has 0 aliphatic rings. The normalized spacial score (nSPS) is 13.2. The van der Waals surface area contributed by atoms with Crippen molar-refractivity contribution in [3.63, 3.8) is 0 Å². The standard InChI is InChI=1S/C17H20FN5O/c1-12(2)17(3,11-19)22-15(24)10-20-16-13(18)6-4-7-14(16)23-9-5-8-21-23/h4-9,12,20H,10H2,1-3H3,(H,22,24). The van der Waals surface area contributed by atoms with Gasteiger partial charge in [-0.1, -0.05) is 19.9 Å². The molecule has 1 amide bonds. The van der Waals surface area contributed by atoms with Crippen molar-refractivity contribution >= 4 is 11.6 Å². The van der Waals surface area contributed by atoms with Gasteiger partial charge in [-0.3, -0.25) is 4.79 Å². The summed E-state index contributed by atoms with van der Waals surface area (Å²) in [5.74, 6) is -0.926. The van der Waals surface area contributed by atoms with E-state index in [-0.39, 0.29) is 24.1 Å². The molecular formula is C17H20FN5O. The summed E-state index contributed by atoms with van der Waals surface area (Å²) in [4.78, 5) is 12.1. The molecule has 1 heterocycles. The third-order valence-electron chi connectivity index (χ3n) is 3.95. The van der Waals surface area contributed by atoms with Crippen LogP contribution in [0.4, 0.5) is 10.1 Å². The third kappa shape index (κ3) is 3.71. The number of hydrogen-bond donors (Lipinski definition) is 2.